The van der Waals surface area contributed by atoms with E-state index in [4.69, 9.17) is 4.74 Å². The molecule has 7 heteroatoms. The van der Waals surface area contributed by atoms with Gasteiger partial charge in [-0.2, -0.15) is 13.2 Å². The zero-order chi connectivity index (χ0) is 23.4. The minimum absolute atomic E-state index is 0.000630. The number of hydrogen-bond donors (Lipinski definition) is 2. The lowest BCUT2D eigenvalue weighted by molar-refractivity contribution is -0.138. The predicted molar refractivity (Wildman–Crippen MR) is 119 cm³/mol. The molecule has 3 aromatic carbocycles. The van der Waals surface area contributed by atoms with Crippen molar-refractivity contribution in [1.82, 2.24) is 5.32 Å². The largest absolute Gasteiger partial charge is 0.449 e. The second kappa shape index (κ2) is 9.67. The maximum atomic E-state index is 13.2. The van der Waals surface area contributed by atoms with Gasteiger partial charge < -0.3 is 15.2 Å². The Morgan fingerprint density at radius 2 is 1.52 bits per heavy atom. The summed E-state index contributed by atoms with van der Waals surface area (Å²) in [5, 5.41) is 12.2. The second-order valence-corrected chi connectivity index (χ2v) is 8.11. The van der Waals surface area contributed by atoms with E-state index in [9.17, 15) is 23.1 Å². The van der Waals surface area contributed by atoms with Gasteiger partial charge in [-0.15, -0.1) is 0 Å². The van der Waals surface area contributed by atoms with E-state index >= 15 is 0 Å². The molecule has 1 aliphatic carbocycles. The molecule has 4 nitrogen and oxygen atoms in total. The average molecular weight is 455 g/mol. The summed E-state index contributed by atoms with van der Waals surface area (Å²) >= 11 is 0. The quantitative estimate of drug-likeness (QED) is 0.502. The number of hydrogen-bond acceptors (Lipinski definition) is 3. The SMILES string of the molecule is O=C(NCC(CO)Cc1ccccc1C(F)(F)F)OCC1c2ccccc2-c2ccccc21. The predicted octanol–water partition coefficient (Wildman–Crippen LogP) is 5.40. The van der Waals surface area contributed by atoms with Gasteiger partial charge in [-0.3, -0.25) is 0 Å². The summed E-state index contributed by atoms with van der Waals surface area (Å²) in [7, 11) is 0. The zero-order valence-electron chi connectivity index (χ0n) is 17.8. The number of halogens is 3. The van der Waals surface area contributed by atoms with Crippen LogP contribution in [0.2, 0.25) is 0 Å². The average Bonchev–Trinajstić information content (AvgIpc) is 3.13. The summed E-state index contributed by atoms with van der Waals surface area (Å²) in [6, 6.07) is 21.2. The summed E-state index contributed by atoms with van der Waals surface area (Å²) in [4.78, 5) is 12.3. The Hall–Kier alpha value is -3.32. The molecule has 0 spiro atoms. The van der Waals surface area contributed by atoms with Gasteiger partial charge in [-0.1, -0.05) is 66.7 Å². The molecule has 0 aliphatic heterocycles. The molecule has 0 saturated heterocycles. The molecule has 172 valence electrons. The number of amides is 1. The number of carbonyl (C=O) groups is 1. The fourth-order valence-electron chi connectivity index (χ4n) is 4.36. The molecular formula is C26H24F3NO3. The molecule has 1 aliphatic rings. The lowest BCUT2D eigenvalue weighted by atomic mass is 9.95. The van der Waals surface area contributed by atoms with Crippen molar-refractivity contribution in [2.24, 2.45) is 5.92 Å². The summed E-state index contributed by atoms with van der Waals surface area (Å²) in [5.74, 6) is -0.663. The van der Waals surface area contributed by atoms with Gasteiger partial charge in [-0.05, 0) is 40.3 Å². The van der Waals surface area contributed by atoms with Crippen LogP contribution in [0.4, 0.5) is 18.0 Å². The van der Waals surface area contributed by atoms with Crippen molar-refractivity contribution in [2.75, 3.05) is 19.8 Å². The minimum atomic E-state index is -4.48. The fraction of sp³-hybridized carbons (Fsp3) is 0.269. The van der Waals surface area contributed by atoms with Crippen molar-refractivity contribution in [3.8, 4) is 11.1 Å². The first-order chi connectivity index (χ1) is 15.9. The molecule has 0 bridgehead atoms. The standard InChI is InChI=1S/C26H24F3NO3/c27-26(28,29)24-12-6-1-7-18(24)13-17(15-31)14-30-25(32)33-16-23-21-10-4-2-8-19(21)20-9-3-5-11-22(20)23/h1-12,17,23,31H,13-16H2,(H,30,32). The number of alkyl halides is 3. The molecule has 0 radical (unpaired) electrons. The van der Waals surface area contributed by atoms with Gasteiger partial charge in [0, 0.05) is 25.0 Å². The van der Waals surface area contributed by atoms with Crippen molar-refractivity contribution >= 4 is 6.09 Å². The molecule has 1 amide bonds. The number of alkyl carbamates (subject to hydrolysis) is 1. The number of nitrogens with one attached hydrogen (secondary N) is 1. The maximum absolute atomic E-state index is 13.2. The number of rotatable bonds is 7. The normalized spacial score (nSPS) is 13.8. The fourth-order valence-corrected chi connectivity index (χ4v) is 4.36. The molecule has 33 heavy (non-hydrogen) atoms. The molecule has 4 rings (SSSR count). The third-order valence-electron chi connectivity index (χ3n) is 5.97. The Morgan fingerprint density at radius 1 is 0.939 bits per heavy atom. The number of fused-ring (bicyclic) bond motifs is 3. The van der Waals surface area contributed by atoms with Crippen LogP contribution < -0.4 is 5.32 Å². The van der Waals surface area contributed by atoms with Crippen LogP contribution >= 0.6 is 0 Å². The molecule has 2 N–H and O–H groups in total. The summed E-state index contributed by atoms with van der Waals surface area (Å²) in [5.41, 5.74) is 3.76. The first kappa shape index (κ1) is 22.9. The van der Waals surface area contributed by atoms with Crippen LogP contribution in [-0.2, 0) is 17.3 Å². The smallest absolute Gasteiger partial charge is 0.416 e. The van der Waals surface area contributed by atoms with Gasteiger partial charge in [0.05, 0.1) is 5.56 Å². The Bertz CT molecular complexity index is 1080. The highest BCUT2D eigenvalue weighted by Gasteiger charge is 2.33. The van der Waals surface area contributed by atoms with E-state index in [0.29, 0.717) is 0 Å². The first-order valence-electron chi connectivity index (χ1n) is 10.7. The summed E-state index contributed by atoms with van der Waals surface area (Å²) < 4.78 is 45.1. The molecular weight excluding hydrogens is 431 g/mol. The highest BCUT2D eigenvalue weighted by Crippen LogP contribution is 2.44. The summed E-state index contributed by atoms with van der Waals surface area (Å²) in [6.45, 7) is -0.226. The third kappa shape index (κ3) is 5.03. The molecule has 0 fully saturated rings. The molecule has 0 aromatic heterocycles. The van der Waals surface area contributed by atoms with Crippen LogP contribution in [0.3, 0.4) is 0 Å². The van der Waals surface area contributed by atoms with Crippen molar-refractivity contribution in [1.29, 1.82) is 0 Å². The highest BCUT2D eigenvalue weighted by atomic mass is 19.4. The van der Waals surface area contributed by atoms with Gasteiger partial charge in [0.25, 0.3) is 0 Å². The molecule has 1 atom stereocenters. The van der Waals surface area contributed by atoms with E-state index in [0.717, 1.165) is 28.3 Å². The van der Waals surface area contributed by atoms with Crippen LogP contribution in [0, 0.1) is 5.92 Å². The number of ether oxygens (including phenoxy) is 1. The Balaban J connectivity index is 1.35. The van der Waals surface area contributed by atoms with Crippen LogP contribution in [0.15, 0.2) is 72.8 Å². The number of benzene rings is 3. The van der Waals surface area contributed by atoms with Crippen LogP contribution in [0.25, 0.3) is 11.1 Å². The molecule has 0 heterocycles. The Labute approximate surface area is 190 Å². The second-order valence-electron chi connectivity index (χ2n) is 8.11. The molecule has 3 aromatic rings. The van der Waals surface area contributed by atoms with Gasteiger partial charge in [-0.25, -0.2) is 4.79 Å². The van der Waals surface area contributed by atoms with Crippen LogP contribution in [0.5, 0.6) is 0 Å². The minimum Gasteiger partial charge on any atom is -0.449 e. The molecule has 0 saturated carbocycles. The lowest BCUT2D eigenvalue weighted by Crippen LogP contribution is -2.33. The van der Waals surface area contributed by atoms with E-state index in [2.05, 4.69) is 5.32 Å². The topological polar surface area (TPSA) is 58.6 Å². The van der Waals surface area contributed by atoms with E-state index < -0.39 is 23.8 Å². The maximum Gasteiger partial charge on any atom is 0.416 e. The van der Waals surface area contributed by atoms with Gasteiger partial charge in [0.1, 0.15) is 6.61 Å². The van der Waals surface area contributed by atoms with Crippen molar-refractivity contribution in [3.05, 3.63) is 95.1 Å². The first-order valence-corrected chi connectivity index (χ1v) is 10.7. The third-order valence-corrected chi connectivity index (χ3v) is 5.97. The monoisotopic (exact) mass is 455 g/mol. The van der Waals surface area contributed by atoms with Crippen LogP contribution in [-0.4, -0.2) is 31.0 Å². The van der Waals surface area contributed by atoms with E-state index in [1.54, 1.807) is 0 Å². The number of carbonyl (C=O) groups excluding carboxylic acids is 1. The van der Waals surface area contributed by atoms with E-state index in [1.807, 2.05) is 48.5 Å². The zero-order valence-corrected chi connectivity index (χ0v) is 17.8. The van der Waals surface area contributed by atoms with Crippen molar-refractivity contribution in [3.63, 3.8) is 0 Å². The number of aliphatic hydroxyl groups excluding tert-OH is 1. The highest BCUT2D eigenvalue weighted by molar-refractivity contribution is 5.79. The van der Waals surface area contributed by atoms with Crippen molar-refractivity contribution in [2.45, 2.75) is 18.5 Å². The van der Waals surface area contributed by atoms with E-state index in [-0.39, 0.29) is 37.7 Å². The Morgan fingerprint density at radius 3 is 2.12 bits per heavy atom. The lowest BCUT2D eigenvalue weighted by Gasteiger charge is -2.19. The summed E-state index contributed by atoms with van der Waals surface area (Å²) in [6.07, 6.45) is -5.16. The van der Waals surface area contributed by atoms with Crippen LogP contribution in [0.1, 0.15) is 28.2 Å². The number of aliphatic hydroxyl groups is 1. The van der Waals surface area contributed by atoms with Gasteiger partial charge >= 0.3 is 12.3 Å². The van der Waals surface area contributed by atoms with Gasteiger partial charge in [0.15, 0.2) is 0 Å². The Kier molecular flexibility index (Phi) is 6.70. The molecule has 1 unspecified atom stereocenters. The van der Waals surface area contributed by atoms with Crippen molar-refractivity contribution < 1.29 is 27.8 Å². The van der Waals surface area contributed by atoms with Gasteiger partial charge in [0.2, 0.25) is 0 Å². The van der Waals surface area contributed by atoms with E-state index in [1.165, 1.54) is 18.2 Å².